The van der Waals surface area contributed by atoms with E-state index in [-0.39, 0.29) is 47.1 Å². The molecule has 2 aliphatic heterocycles. The van der Waals surface area contributed by atoms with Gasteiger partial charge in [-0.2, -0.15) is 0 Å². The lowest BCUT2D eigenvalue weighted by Gasteiger charge is -2.45. The average molecular weight is 560 g/mol. The minimum Gasteiger partial charge on any atom is -0.488 e. The molecule has 2 aliphatic rings. The van der Waals surface area contributed by atoms with Crippen LogP contribution < -0.4 is 20.3 Å². The number of anilines is 1. The molecule has 5 rings (SSSR count). The largest absolute Gasteiger partial charge is 0.488 e. The monoisotopic (exact) mass is 559 g/mol. The van der Waals surface area contributed by atoms with Crippen molar-refractivity contribution >= 4 is 29.7 Å². The van der Waals surface area contributed by atoms with Gasteiger partial charge in [0, 0.05) is 49.9 Å². The third kappa shape index (κ3) is 5.03. The summed E-state index contributed by atoms with van der Waals surface area (Å²) in [6.07, 6.45) is 0.434. The Morgan fingerprint density at radius 3 is 2.62 bits per heavy atom. The highest BCUT2D eigenvalue weighted by Gasteiger charge is 2.48. The van der Waals surface area contributed by atoms with E-state index in [1.165, 1.54) is 25.2 Å². The Morgan fingerprint density at radius 2 is 1.95 bits per heavy atom. The van der Waals surface area contributed by atoms with Gasteiger partial charge in [-0.1, -0.05) is 41.9 Å². The number of carboxylic acid groups (broad SMARTS) is 1. The van der Waals surface area contributed by atoms with Gasteiger partial charge in [-0.25, -0.2) is 8.78 Å². The number of carbonyl (C=O) groups is 2. The van der Waals surface area contributed by atoms with E-state index in [1.807, 2.05) is 30.3 Å². The Balaban J connectivity index is 0.00000112. The van der Waals surface area contributed by atoms with Crippen molar-refractivity contribution in [2.24, 2.45) is 0 Å². The molecule has 1 saturated heterocycles. The third-order valence-corrected chi connectivity index (χ3v) is 7.37. The zero-order valence-electron chi connectivity index (χ0n) is 21.1. The van der Waals surface area contributed by atoms with Crippen LogP contribution in [0.1, 0.15) is 21.5 Å². The number of nitrogens with one attached hydrogen (secondary N) is 2. The summed E-state index contributed by atoms with van der Waals surface area (Å²) in [6.45, 7) is 1.22. The van der Waals surface area contributed by atoms with Crippen molar-refractivity contribution in [3.05, 3.63) is 81.9 Å². The zero-order chi connectivity index (χ0) is 28.2. The molecule has 1 atom stereocenters. The summed E-state index contributed by atoms with van der Waals surface area (Å²) in [4.78, 5) is 23.3. The van der Waals surface area contributed by atoms with Gasteiger partial charge in [0.25, 0.3) is 12.4 Å². The first-order valence-corrected chi connectivity index (χ1v) is 12.6. The Kier molecular flexibility index (Phi) is 8.69. The summed E-state index contributed by atoms with van der Waals surface area (Å²) < 4.78 is 36.8. The molecule has 0 radical (unpaired) electrons. The number of halogens is 3. The molecule has 1 unspecified atom stereocenters. The predicted molar refractivity (Wildman–Crippen MR) is 144 cm³/mol. The second kappa shape index (κ2) is 12.0. The molecule has 3 aromatic carbocycles. The van der Waals surface area contributed by atoms with Crippen LogP contribution in [0.15, 0.2) is 48.5 Å². The number of carbonyl (C=O) groups excluding carboxylic acids is 1. The molecule has 4 N–H and O–H groups in total. The van der Waals surface area contributed by atoms with Crippen molar-refractivity contribution in [2.45, 2.75) is 12.0 Å². The van der Waals surface area contributed by atoms with E-state index in [0.29, 0.717) is 37.3 Å². The van der Waals surface area contributed by atoms with Gasteiger partial charge >= 0.3 is 0 Å². The predicted octanol–water partition coefficient (Wildman–Crippen LogP) is 3.58. The highest BCUT2D eigenvalue weighted by Crippen LogP contribution is 2.52. The summed E-state index contributed by atoms with van der Waals surface area (Å²) in [5.41, 5.74) is 1.84. The summed E-state index contributed by atoms with van der Waals surface area (Å²) in [5.74, 6) is -2.23. The van der Waals surface area contributed by atoms with Crippen molar-refractivity contribution in [2.75, 3.05) is 44.8 Å². The fraction of sp³-hybridized carbons (Fsp3) is 0.286. The van der Waals surface area contributed by atoms with Crippen LogP contribution in [0.5, 0.6) is 5.75 Å². The summed E-state index contributed by atoms with van der Waals surface area (Å²) in [6, 6.07) is 14.1. The van der Waals surface area contributed by atoms with E-state index >= 15 is 8.78 Å². The summed E-state index contributed by atoms with van der Waals surface area (Å²) in [7, 11) is 1.44. The smallest absolute Gasteiger partial charge is 0.290 e. The quantitative estimate of drug-likeness (QED) is 0.342. The number of benzene rings is 3. The lowest BCUT2D eigenvalue weighted by molar-refractivity contribution is -0.122. The van der Waals surface area contributed by atoms with E-state index in [0.717, 1.165) is 5.56 Å². The zero-order valence-corrected chi connectivity index (χ0v) is 21.9. The Hall–Kier alpha value is -3.73. The number of ether oxygens (including phenoxy) is 1. The maximum absolute atomic E-state index is 16.0. The molecular formula is C28H28ClF2N3O5. The van der Waals surface area contributed by atoms with Gasteiger partial charge < -0.3 is 30.5 Å². The molecule has 0 aliphatic carbocycles. The number of aliphatic hydroxyl groups excluding tert-OH is 1. The second-order valence-electron chi connectivity index (χ2n) is 9.00. The van der Waals surface area contributed by atoms with Crippen LogP contribution in [0.3, 0.4) is 0 Å². The Morgan fingerprint density at radius 1 is 1.23 bits per heavy atom. The SMILES string of the molecule is CNC(=O)c1ccc(OCCO)c(F)c1-c1c(Cl)c(F)cc2c1CC1(c3ccccc3)CNCCN21.O=CO. The maximum atomic E-state index is 16.0. The van der Waals surface area contributed by atoms with Crippen molar-refractivity contribution in [1.29, 1.82) is 0 Å². The molecule has 1 fully saturated rings. The second-order valence-corrected chi connectivity index (χ2v) is 9.38. The van der Waals surface area contributed by atoms with Crippen LogP contribution in [0, 0.1) is 11.6 Å². The van der Waals surface area contributed by atoms with Gasteiger partial charge in [0.05, 0.1) is 22.7 Å². The van der Waals surface area contributed by atoms with Gasteiger partial charge in [0.15, 0.2) is 11.6 Å². The first-order valence-electron chi connectivity index (χ1n) is 12.3. The van der Waals surface area contributed by atoms with Gasteiger partial charge in [0.2, 0.25) is 0 Å². The lowest BCUT2D eigenvalue weighted by Crippen LogP contribution is -2.57. The minimum absolute atomic E-state index is 0.0119. The van der Waals surface area contributed by atoms with Crippen molar-refractivity contribution in [3.8, 4) is 16.9 Å². The first-order chi connectivity index (χ1) is 18.8. The molecule has 3 aromatic rings. The highest BCUT2D eigenvalue weighted by atomic mass is 35.5. The van der Waals surface area contributed by atoms with Gasteiger partial charge in [-0.3, -0.25) is 9.59 Å². The van der Waals surface area contributed by atoms with Crippen LogP contribution >= 0.6 is 11.6 Å². The molecule has 0 saturated carbocycles. The number of rotatable bonds is 6. The first kappa shape index (κ1) is 28.3. The topological polar surface area (TPSA) is 111 Å². The number of hydrogen-bond acceptors (Lipinski definition) is 6. The standard InChI is InChI=1S/C27H26ClF2N3O3.CH2O2/c1-31-26(35)17-7-8-21(36-12-11-34)25(30)23(17)22-18-14-27(16-5-3-2-4-6-16)15-32-9-10-33(27)20(18)13-19(29)24(22)28;2-1-3/h2-8,13,32,34H,9-12,14-15H2,1H3,(H,31,35);1H,(H,2,3). The molecule has 39 heavy (non-hydrogen) atoms. The summed E-state index contributed by atoms with van der Waals surface area (Å²) in [5, 5.41) is 21.8. The maximum Gasteiger partial charge on any atom is 0.290 e. The van der Waals surface area contributed by atoms with Gasteiger partial charge in [-0.15, -0.1) is 0 Å². The molecule has 0 aromatic heterocycles. The fourth-order valence-corrected chi connectivity index (χ4v) is 5.69. The molecule has 206 valence electrons. The van der Waals surface area contributed by atoms with Crippen molar-refractivity contribution in [1.82, 2.24) is 10.6 Å². The van der Waals surface area contributed by atoms with E-state index < -0.39 is 23.1 Å². The molecule has 0 bridgehead atoms. The van der Waals surface area contributed by atoms with Crippen LogP contribution in [-0.2, 0) is 16.8 Å². The Bertz CT molecular complexity index is 1380. The average Bonchev–Trinajstić information content (AvgIpc) is 3.29. The lowest BCUT2D eigenvalue weighted by atomic mass is 9.83. The number of amides is 1. The van der Waals surface area contributed by atoms with Gasteiger partial charge in [0.1, 0.15) is 12.4 Å². The molecule has 11 heteroatoms. The third-order valence-electron chi connectivity index (χ3n) is 7.00. The van der Waals surface area contributed by atoms with Crippen molar-refractivity contribution < 1.29 is 33.3 Å². The number of hydrogen-bond donors (Lipinski definition) is 4. The highest BCUT2D eigenvalue weighted by molar-refractivity contribution is 6.34. The van der Waals surface area contributed by atoms with E-state index in [4.69, 9.17) is 31.3 Å². The van der Waals surface area contributed by atoms with Crippen LogP contribution in [0.2, 0.25) is 5.02 Å². The molecule has 1 amide bonds. The molecule has 2 heterocycles. The number of piperazine rings is 1. The van der Waals surface area contributed by atoms with Crippen molar-refractivity contribution in [3.63, 3.8) is 0 Å². The normalized spacial score (nSPS) is 17.4. The number of fused-ring (bicyclic) bond motifs is 3. The summed E-state index contributed by atoms with van der Waals surface area (Å²) >= 11 is 6.56. The minimum atomic E-state index is -0.837. The van der Waals surface area contributed by atoms with E-state index in [2.05, 4.69) is 15.5 Å². The molecule has 0 spiro atoms. The number of aliphatic hydroxyl groups is 1. The Labute approximate surface area is 229 Å². The van der Waals surface area contributed by atoms with Crippen LogP contribution in [0.4, 0.5) is 14.5 Å². The molecule has 8 nitrogen and oxygen atoms in total. The van der Waals surface area contributed by atoms with Gasteiger partial charge in [-0.05, 0) is 29.3 Å². The number of nitrogens with zero attached hydrogens (tertiary/aromatic N) is 1. The van der Waals surface area contributed by atoms with Crippen LogP contribution in [-0.4, -0.2) is 62.5 Å². The van der Waals surface area contributed by atoms with E-state index in [9.17, 15) is 4.79 Å². The molecular weight excluding hydrogens is 532 g/mol. The van der Waals surface area contributed by atoms with E-state index in [1.54, 1.807) is 0 Å². The fourth-order valence-electron chi connectivity index (χ4n) is 5.43. The van der Waals surface area contributed by atoms with Crippen LogP contribution in [0.25, 0.3) is 11.1 Å².